The maximum Gasteiger partial charge on any atom is 0.324 e. The van der Waals surface area contributed by atoms with Gasteiger partial charge in [0.2, 0.25) is 0 Å². The van der Waals surface area contributed by atoms with Crippen molar-refractivity contribution < 1.29 is 19.1 Å². The fraction of sp³-hybridized carbons (Fsp3) is 0.800. The molecule has 0 aromatic heterocycles. The van der Waals surface area contributed by atoms with Crippen molar-refractivity contribution in [3.8, 4) is 0 Å². The van der Waals surface area contributed by atoms with Gasteiger partial charge in [0.15, 0.2) is 0 Å². The number of hydrogen-bond donors (Lipinski definition) is 0. The number of halogens is 2. The predicted octanol–water partition coefficient (Wildman–Crippen LogP) is 2.11. The highest BCUT2D eigenvalue weighted by atomic mass is 35.5. The Morgan fingerprint density at radius 2 is 1.56 bits per heavy atom. The third-order valence-electron chi connectivity index (χ3n) is 1.74. The molecule has 0 spiro atoms. The van der Waals surface area contributed by atoms with Crippen LogP contribution in [-0.2, 0) is 19.1 Å². The summed E-state index contributed by atoms with van der Waals surface area (Å²) in [6, 6.07) is 0. The summed E-state index contributed by atoms with van der Waals surface area (Å²) in [5, 5.41) is -1.34. The number of rotatable bonds is 6. The third-order valence-corrected chi connectivity index (χ3v) is 2.09. The van der Waals surface area contributed by atoms with E-state index in [9.17, 15) is 9.59 Å². The fourth-order valence-corrected chi connectivity index (χ4v) is 0.906. The van der Waals surface area contributed by atoms with Gasteiger partial charge in [-0.25, -0.2) is 0 Å². The van der Waals surface area contributed by atoms with Crippen molar-refractivity contribution in [3.63, 3.8) is 0 Å². The van der Waals surface area contributed by atoms with E-state index >= 15 is 0 Å². The van der Waals surface area contributed by atoms with Crippen LogP contribution >= 0.6 is 23.2 Å². The summed E-state index contributed by atoms with van der Waals surface area (Å²) >= 11 is 11.0. The highest BCUT2D eigenvalue weighted by Gasteiger charge is 2.16. The molecule has 6 heteroatoms. The number of alkyl halides is 2. The van der Waals surface area contributed by atoms with E-state index < -0.39 is 22.7 Å². The number of ether oxygens (including phenoxy) is 2. The maximum atomic E-state index is 11.1. The summed E-state index contributed by atoms with van der Waals surface area (Å²) in [4.78, 5) is 22.0. The van der Waals surface area contributed by atoms with Crippen LogP contribution in [0.5, 0.6) is 0 Å². The minimum atomic E-state index is -0.673. The zero-order valence-electron chi connectivity index (χ0n) is 9.54. The van der Waals surface area contributed by atoms with E-state index in [-0.39, 0.29) is 12.7 Å². The Morgan fingerprint density at radius 1 is 1.06 bits per heavy atom. The number of carbonyl (C=O) groups is 2. The van der Waals surface area contributed by atoms with Gasteiger partial charge in [-0.3, -0.25) is 9.59 Å². The second-order valence-electron chi connectivity index (χ2n) is 3.44. The normalized spacial score (nSPS) is 16.1. The summed E-state index contributed by atoms with van der Waals surface area (Å²) in [5.74, 6) is -0.961. The molecule has 0 aromatic carbocycles. The molecule has 0 heterocycles. The second-order valence-corrected chi connectivity index (χ2v) is 4.74. The Balaban J connectivity index is 3.70. The van der Waals surface area contributed by atoms with Crippen molar-refractivity contribution in [3.05, 3.63) is 0 Å². The van der Waals surface area contributed by atoms with Crippen LogP contribution in [0.3, 0.4) is 0 Å². The van der Waals surface area contributed by atoms with Crippen molar-refractivity contribution in [2.24, 2.45) is 0 Å². The van der Waals surface area contributed by atoms with E-state index in [1.807, 2.05) is 0 Å². The minimum Gasteiger partial charge on any atom is -0.464 e. The Hall–Kier alpha value is -0.480. The van der Waals surface area contributed by atoms with Gasteiger partial charge in [0.1, 0.15) is 16.9 Å². The largest absolute Gasteiger partial charge is 0.464 e. The van der Waals surface area contributed by atoms with E-state index in [1.54, 1.807) is 6.92 Å². The molecule has 94 valence electrons. The molecule has 0 saturated heterocycles. The molecular weight excluding hydrogens is 255 g/mol. The first-order valence-corrected chi connectivity index (χ1v) is 5.87. The Kier molecular flexibility index (Phi) is 7.51. The molecular formula is C10H16Cl2O4. The molecule has 0 N–H and O–H groups in total. The predicted molar refractivity (Wildman–Crippen MR) is 61.8 cm³/mol. The smallest absolute Gasteiger partial charge is 0.324 e. The van der Waals surface area contributed by atoms with Gasteiger partial charge in [-0.15, -0.1) is 23.2 Å². The lowest BCUT2D eigenvalue weighted by Gasteiger charge is -2.14. The van der Waals surface area contributed by atoms with Gasteiger partial charge in [0.05, 0.1) is 6.61 Å². The van der Waals surface area contributed by atoms with Crippen LogP contribution in [0.15, 0.2) is 0 Å². The highest BCUT2D eigenvalue weighted by molar-refractivity contribution is 6.29. The van der Waals surface area contributed by atoms with Gasteiger partial charge in [-0.1, -0.05) is 0 Å². The molecule has 0 bridgehead atoms. The van der Waals surface area contributed by atoms with Crippen molar-refractivity contribution in [1.29, 1.82) is 0 Å². The quantitative estimate of drug-likeness (QED) is 0.548. The summed E-state index contributed by atoms with van der Waals surface area (Å²) in [7, 11) is 0. The first-order valence-electron chi connectivity index (χ1n) is 4.99. The minimum absolute atomic E-state index is 0.168. The van der Waals surface area contributed by atoms with E-state index in [4.69, 9.17) is 32.7 Å². The molecule has 0 radical (unpaired) electrons. The topological polar surface area (TPSA) is 52.6 Å². The van der Waals surface area contributed by atoms with Crippen LogP contribution in [-0.4, -0.2) is 35.4 Å². The van der Waals surface area contributed by atoms with Gasteiger partial charge in [-0.05, 0) is 20.8 Å². The van der Waals surface area contributed by atoms with Crippen molar-refractivity contribution in [1.82, 2.24) is 0 Å². The summed E-state index contributed by atoms with van der Waals surface area (Å²) in [6.45, 7) is 4.93. The SMILES string of the molecule is C[C@H](CCOC(=O)[C@H](C)Cl)OC(=O)[C@H](C)Cl. The first kappa shape index (κ1) is 15.5. The molecule has 0 aliphatic carbocycles. The van der Waals surface area contributed by atoms with Gasteiger partial charge >= 0.3 is 11.9 Å². The van der Waals surface area contributed by atoms with Crippen LogP contribution < -0.4 is 0 Å². The highest BCUT2D eigenvalue weighted by Crippen LogP contribution is 2.05. The van der Waals surface area contributed by atoms with E-state index in [2.05, 4.69) is 0 Å². The molecule has 0 unspecified atom stereocenters. The molecule has 0 aromatic rings. The molecule has 0 saturated carbocycles. The van der Waals surface area contributed by atoms with E-state index in [1.165, 1.54) is 13.8 Å². The number of hydrogen-bond acceptors (Lipinski definition) is 4. The van der Waals surface area contributed by atoms with Crippen LogP contribution in [0.4, 0.5) is 0 Å². The Labute approximate surface area is 105 Å². The lowest BCUT2D eigenvalue weighted by molar-refractivity contribution is -0.149. The van der Waals surface area contributed by atoms with Crippen LogP contribution in [0, 0.1) is 0 Å². The molecule has 4 nitrogen and oxygen atoms in total. The number of carbonyl (C=O) groups excluding carboxylic acids is 2. The van der Waals surface area contributed by atoms with Gasteiger partial charge in [0, 0.05) is 6.42 Å². The van der Waals surface area contributed by atoms with Gasteiger partial charge < -0.3 is 9.47 Å². The lowest BCUT2D eigenvalue weighted by atomic mass is 10.3. The van der Waals surface area contributed by atoms with Crippen molar-refractivity contribution in [2.45, 2.75) is 44.1 Å². The van der Waals surface area contributed by atoms with Gasteiger partial charge in [0.25, 0.3) is 0 Å². The molecule has 0 aliphatic heterocycles. The second kappa shape index (κ2) is 7.74. The number of esters is 2. The lowest BCUT2D eigenvalue weighted by Crippen LogP contribution is -2.23. The third kappa shape index (κ3) is 6.90. The van der Waals surface area contributed by atoms with Crippen LogP contribution in [0.25, 0.3) is 0 Å². The summed E-state index contributed by atoms with van der Waals surface area (Å²) in [5.41, 5.74) is 0. The fourth-order valence-electron chi connectivity index (χ4n) is 0.791. The molecule has 3 atom stereocenters. The van der Waals surface area contributed by atoms with Gasteiger partial charge in [-0.2, -0.15) is 0 Å². The Morgan fingerprint density at radius 3 is 2.00 bits per heavy atom. The van der Waals surface area contributed by atoms with E-state index in [0.717, 1.165) is 0 Å². The zero-order valence-corrected chi connectivity index (χ0v) is 11.0. The molecule has 0 rings (SSSR count). The molecule has 0 aliphatic rings. The Bertz CT molecular complexity index is 241. The molecule has 0 fully saturated rings. The monoisotopic (exact) mass is 270 g/mol. The zero-order chi connectivity index (χ0) is 12.7. The van der Waals surface area contributed by atoms with Crippen molar-refractivity contribution in [2.75, 3.05) is 6.61 Å². The van der Waals surface area contributed by atoms with Crippen LogP contribution in [0.2, 0.25) is 0 Å². The van der Waals surface area contributed by atoms with Crippen LogP contribution in [0.1, 0.15) is 27.2 Å². The average Bonchev–Trinajstić information content (AvgIpc) is 2.16. The van der Waals surface area contributed by atoms with E-state index in [0.29, 0.717) is 6.42 Å². The average molecular weight is 271 g/mol. The summed E-state index contributed by atoms with van der Waals surface area (Å²) < 4.78 is 9.78. The standard InChI is InChI=1S/C10H16Cl2O4/c1-6(16-10(14)8(3)12)4-5-15-9(13)7(2)11/h6-8H,4-5H2,1-3H3/t6-,7+,8+/m1/s1. The molecule has 16 heavy (non-hydrogen) atoms. The molecule has 0 amide bonds. The first-order chi connectivity index (χ1) is 7.34. The summed E-state index contributed by atoms with van der Waals surface area (Å²) in [6.07, 6.45) is 0.0807. The van der Waals surface area contributed by atoms with Crippen molar-refractivity contribution >= 4 is 35.1 Å². The maximum absolute atomic E-state index is 11.1.